The number of H-pyrrole nitrogens is 1. The zero-order valence-electron chi connectivity index (χ0n) is 6.58. The van der Waals surface area contributed by atoms with Crippen LogP contribution in [0, 0.1) is 0 Å². The average Bonchev–Trinajstić information content (AvgIpc) is 2.64. The van der Waals surface area contributed by atoms with Crippen molar-refractivity contribution in [1.29, 1.82) is 0 Å². The number of aryl methyl sites for hydroxylation is 1. The van der Waals surface area contributed by atoms with Gasteiger partial charge in [0.1, 0.15) is 10.3 Å². The molecule has 0 saturated carbocycles. The van der Waals surface area contributed by atoms with Gasteiger partial charge in [-0.2, -0.15) is 0 Å². The maximum atomic E-state index is 4.24. The number of imidazole rings is 1. The predicted molar refractivity (Wildman–Crippen MR) is 50.7 cm³/mol. The number of aromatic nitrogens is 3. The average molecular weight is 226 g/mol. The van der Waals surface area contributed by atoms with Crippen LogP contribution >= 0.6 is 15.9 Å². The van der Waals surface area contributed by atoms with Crippen LogP contribution in [0.3, 0.4) is 0 Å². The molecule has 0 radical (unpaired) electrons. The Kier molecular flexibility index (Phi) is 1.77. The van der Waals surface area contributed by atoms with E-state index in [-0.39, 0.29) is 0 Å². The third-order valence-corrected chi connectivity index (χ3v) is 2.65. The van der Waals surface area contributed by atoms with E-state index in [0.717, 1.165) is 16.0 Å². The van der Waals surface area contributed by atoms with Crippen LogP contribution in [0.1, 0.15) is 0 Å². The maximum Gasteiger partial charge on any atom is 0.119 e. The fraction of sp³-hybridized carbons (Fsp3) is 0.125. The van der Waals surface area contributed by atoms with Crippen LogP contribution in [0.2, 0.25) is 0 Å². The van der Waals surface area contributed by atoms with Gasteiger partial charge in [0.25, 0.3) is 0 Å². The molecule has 3 nitrogen and oxygen atoms in total. The van der Waals surface area contributed by atoms with E-state index in [1.807, 2.05) is 29.9 Å². The monoisotopic (exact) mass is 225 g/mol. The van der Waals surface area contributed by atoms with Gasteiger partial charge in [-0.25, -0.2) is 4.98 Å². The van der Waals surface area contributed by atoms with E-state index in [1.165, 1.54) is 0 Å². The minimum atomic E-state index is 0.947. The van der Waals surface area contributed by atoms with E-state index >= 15 is 0 Å². The SMILES string of the molecule is Cn1cnc(-c2ccc[nH]2)c1Br. The lowest BCUT2D eigenvalue weighted by molar-refractivity contribution is 0.891. The van der Waals surface area contributed by atoms with Gasteiger partial charge < -0.3 is 9.55 Å². The van der Waals surface area contributed by atoms with E-state index in [2.05, 4.69) is 25.9 Å². The van der Waals surface area contributed by atoms with Crippen LogP contribution in [-0.2, 0) is 7.05 Å². The summed E-state index contributed by atoms with van der Waals surface area (Å²) in [7, 11) is 1.95. The van der Waals surface area contributed by atoms with Crippen molar-refractivity contribution in [3.8, 4) is 11.4 Å². The van der Waals surface area contributed by atoms with Gasteiger partial charge in [-0.15, -0.1) is 0 Å². The third-order valence-electron chi connectivity index (χ3n) is 1.72. The van der Waals surface area contributed by atoms with Crippen molar-refractivity contribution in [3.05, 3.63) is 29.3 Å². The van der Waals surface area contributed by atoms with E-state index < -0.39 is 0 Å². The highest BCUT2D eigenvalue weighted by Gasteiger charge is 2.07. The second-order valence-corrected chi connectivity index (χ2v) is 3.33. The number of nitrogens with one attached hydrogen (secondary N) is 1. The molecule has 0 spiro atoms. The van der Waals surface area contributed by atoms with E-state index in [0.29, 0.717) is 0 Å². The molecule has 0 fully saturated rings. The molecule has 0 amide bonds. The quantitative estimate of drug-likeness (QED) is 0.794. The second-order valence-electron chi connectivity index (χ2n) is 2.58. The van der Waals surface area contributed by atoms with Crippen LogP contribution in [0.5, 0.6) is 0 Å². The number of hydrogen-bond donors (Lipinski definition) is 1. The molecular formula is C8H8BrN3. The molecule has 2 rings (SSSR count). The molecule has 0 aromatic carbocycles. The smallest absolute Gasteiger partial charge is 0.119 e. The molecule has 0 unspecified atom stereocenters. The van der Waals surface area contributed by atoms with E-state index in [4.69, 9.17) is 0 Å². The molecule has 0 saturated heterocycles. The second kappa shape index (κ2) is 2.79. The molecule has 2 heterocycles. The summed E-state index contributed by atoms with van der Waals surface area (Å²) >= 11 is 3.45. The molecular weight excluding hydrogens is 218 g/mol. The molecule has 0 aliphatic rings. The van der Waals surface area contributed by atoms with Crippen LogP contribution in [0.4, 0.5) is 0 Å². The first-order valence-corrected chi connectivity index (χ1v) is 4.39. The predicted octanol–water partition coefficient (Wildman–Crippen LogP) is 2.18. The normalized spacial score (nSPS) is 10.5. The lowest BCUT2D eigenvalue weighted by atomic mass is 10.3. The summed E-state index contributed by atoms with van der Waals surface area (Å²) in [6, 6.07) is 3.95. The highest BCUT2D eigenvalue weighted by molar-refractivity contribution is 9.10. The fourth-order valence-electron chi connectivity index (χ4n) is 1.07. The molecule has 0 atom stereocenters. The topological polar surface area (TPSA) is 33.6 Å². The van der Waals surface area contributed by atoms with Gasteiger partial charge in [-0.1, -0.05) is 0 Å². The van der Waals surface area contributed by atoms with Gasteiger partial charge in [0.15, 0.2) is 0 Å². The van der Waals surface area contributed by atoms with Crippen molar-refractivity contribution in [1.82, 2.24) is 14.5 Å². The molecule has 2 aromatic heterocycles. The standard InChI is InChI=1S/C8H8BrN3/c1-12-5-11-7(8(12)9)6-3-2-4-10-6/h2-5,10H,1H3. The lowest BCUT2D eigenvalue weighted by Crippen LogP contribution is -1.84. The van der Waals surface area contributed by atoms with Crippen LogP contribution in [-0.4, -0.2) is 14.5 Å². The van der Waals surface area contributed by atoms with Crippen LogP contribution in [0.25, 0.3) is 11.4 Å². The minimum Gasteiger partial charge on any atom is -0.360 e. The van der Waals surface area contributed by atoms with Gasteiger partial charge in [0.2, 0.25) is 0 Å². The minimum absolute atomic E-state index is 0.947. The summed E-state index contributed by atoms with van der Waals surface area (Å²) in [4.78, 5) is 7.34. The summed E-state index contributed by atoms with van der Waals surface area (Å²) in [5.74, 6) is 0. The molecule has 0 aliphatic carbocycles. The third kappa shape index (κ3) is 1.08. The first-order valence-electron chi connectivity index (χ1n) is 3.59. The van der Waals surface area contributed by atoms with E-state index in [1.54, 1.807) is 6.33 Å². The molecule has 0 aliphatic heterocycles. The van der Waals surface area contributed by atoms with E-state index in [9.17, 15) is 0 Å². The van der Waals surface area contributed by atoms with Crippen molar-refractivity contribution < 1.29 is 0 Å². The van der Waals surface area contributed by atoms with Gasteiger partial charge >= 0.3 is 0 Å². The zero-order valence-corrected chi connectivity index (χ0v) is 8.17. The Morgan fingerprint density at radius 3 is 2.92 bits per heavy atom. The molecule has 12 heavy (non-hydrogen) atoms. The number of aromatic amines is 1. The number of hydrogen-bond acceptors (Lipinski definition) is 1. The van der Waals surface area contributed by atoms with Crippen LogP contribution in [0.15, 0.2) is 29.3 Å². The largest absolute Gasteiger partial charge is 0.360 e. The van der Waals surface area contributed by atoms with Gasteiger partial charge in [-0.05, 0) is 28.1 Å². The summed E-state index contributed by atoms with van der Waals surface area (Å²) in [6.07, 6.45) is 3.66. The summed E-state index contributed by atoms with van der Waals surface area (Å²) in [5.41, 5.74) is 1.98. The van der Waals surface area contributed by atoms with Gasteiger partial charge in [0.05, 0.1) is 12.0 Å². The van der Waals surface area contributed by atoms with Gasteiger partial charge in [0, 0.05) is 13.2 Å². The molecule has 62 valence electrons. The zero-order chi connectivity index (χ0) is 8.55. The lowest BCUT2D eigenvalue weighted by Gasteiger charge is -1.94. The van der Waals surface area contributed by atoms with Crippen molar-refractivity contribution >= 4 is 15.9 Å². The molecule has 1 N–H and O–H groups in total. The van der Waals surface area contributed by atoms with Crippen molar-refractivity contribution in [2.75, 3.05) is 0 Å². The van der Waals surface area contributed by atoms with Crippen molar-refractivity contribution in [3.63, 3.8) is 0 Å². The molecule has 2 aromatic rings. The maximum absolute atomic E-state index is 4.24. The molecule has 0 bridgehead atoms. The van der Waals surface area contributed by atoms with Gasteiger partial charge in [-0.3, -0.25) is 0 Å². The van der Waals surface area contributed by atoms with Crippen molar-refractivity contribution in [2.45, 2.75) is 0 Å². The Morgan fingerprint density at radius 2 is 2.42 bits per heavy atom. The van der Waals surface area contributed by atoms with Crippen molar-refractivity contribution in [2.24, 2.45) is 7.05 Å². The summed E-state index contributed by atoms with van der Waals surface area (Å²) < 4.78 is 2.92. The Balaban J connectivity index is 2.55. The number of rotatable bonds is 1. The number of halogens is 1. The Bertz CT molecular complexity index is 375. The highest BCUT2D eigenvalue weighted by atomic mass is 79.9. The molecule has 4 heteroatoms. The fourth-order valence-corrected chi connectivity index (χ4v) is 1.48. The highest BCUT2D eigenvalue weighted by Crippen LogP contribution is 2.24. The number of nitrogens with zero attached hydrogens (tertiary/aromatic N) is 2. The van der Waals surface area contributed by atoms with Crippen LogP contribution < -0.4 is 0 Å². The first kappa shape index (κ1) is 7.61. The Morgan fingerprint density at radius 1 is 1.58 bits per heavy atom. The Hall–Kier alpha value is -1.03. The first-order chi connectivity index (χ1) is 5.79. The summed E-state index contributed by atoms with van der Waals surface area (Å²) in [6.45, 7) is 0. The summed E-state index contributed by atoms with van der Waals surface area (Å²) in [5, 5.41) is 0. The Labute approximate surface area is 78.6 Å².